The summed E-state index contributed by atoms with van der Waals surface area (Å²) in [6, 6.07) is 8.52. The van der Waals surface area contributed by atoms with Crippen LogP contribution in [0.2, 0.25) is 0 Å². The molecular formula is C17H24N2OS. The molecule has 2 aromatic rings. The van der Waals surface area contributed by atoms with E-state index in [1.54, 1.807) is 11.3 Å². The first-order valence-corrected chi connectivity index (χ1v) is 8.47. The van der Waals surface area contributed by atoms with Crippen molar-refractivity contribution in [2.45, 2.75) is 27.2 Å². The second-order valence-corrected chi connectivity index (χ2v) is 6.02. The Bertz CT molecular complexity index is 530. The van der Waals surface area contributed by atoms with Crippen LogP contribution in [0.5, 0.6) is 0 Å². The second kappa shape index (κ2) is 8.15. The molecule has 1 fully saturated rings. The molecule has 0 bridgehead atoms. The molecule has 4 heteroatoms. The van der Waals surface area contributed by atoms with Crippen molar-refractivity contribution in [1.82, 2.24) is 4.98 Å². The molecule has 3 rings (SSSR count). The van der Waals surface area contributed by atoms with Crippen molar-refractivity contribution >= 4 is 16.5 Å². The summed E-state index contributed by atoms with van der Waals surface area (Å²) in [7, 11) is 0. The number of aryl methyl sites for hydroxylation is 1. The van der Waals surface area contributed by atoms with Gasteiger partial charge < -0.3 is 9.64 Å². The van der Waals surface area contributed by atoms with E-state index in [0.29, 0.717) is 0 Å². The lowest BCUT2D eigenvalue weighted by Gasteiger charge is -2.26. The molecule has 114 valence electrons. The lowest BCUT2D eigenvalue weighted by Crippen LogP contribution is -2.36. The zero-order valence-corrected chi connectivity index (χ0v) is 13.9. The minimum Gasteiger partial charge on any atom is -0.378 e. The number of ether oxygens (including phenoxy) is 1. The Morgan fingerprint density at radius 2 is 1.76 bits per heavy atom. The predicted octanol–water partition coefficient (Wildman–Crippen LogP) is 4.37. The number of anilines is 1. The molecule has 3 nitrogen and oxygen atoms in total. The van der Waals surface area contributed by atoms with Crippen LogP contribution in [0, 0.1) is 6.92 Å². The average molecular weight is 304 g/mol. The van der Waals surface area contributed by atoms with Gasteiger partial charge in [-0.15, -0.1) is 11.3 Å². The Balaban J connectivity index is 0.000000497. The number of morpholine rings is 1. The molecule has 2 heterocycles. The van der Waals surface area contributed by atoms with E-state index in [4.69, 9.17) is 9.72 Å². The number of benzene rings is 1. The highest BCUT2D eigenvalue weighted by atomic mass is 32.1. The van der Waals surface area contributed by atoms with Gasteiger partial charge >= 0.3 is 0 Å². The maximum Gasteiger partial charge on any atom is 0.186 e. The molecule has 21 heavy (non-hydrogen) atoms. The largest absolute Gasteiger partial charge is 0.378 e. The Labute approximate surface area is 131 Å². The summed E-state index contributed by atoms with van der Waals surface area (Å²) in [6.45, 7) is 9.85. The van der Waals surface area contributed by atoms with Crippen LogP contribution >= 0.6 is 11.3 Å². The van der Waals surface area contributed by atoms with Crippen LogP contribution in [0.1, 0.15) is 25.8 Å². The molecule has 1 aromatic heterocycles. The van der Waals surface area contributed by atoms with Gasteiger partial charge in [-0.2, -0.15) is 0 Å². The molecule has 0 saturated carbocycles. The molecule has 0 atom stereocenters. The van der Waals surface area contributed by atoms with Crippen LogP contribution in [0.15, 0.2) is 29.6 Å². The summed E-state index contributed by atoms with van der Waals surface area (Å²) in [5.74, 6) is 0. The maximum atomic E-state index is 5.36. The predicted molar refractivity (Wildman–Crippen MR) is 91.3 cm³/mol. The van der Waals surface area contributed by atoms with E-state index < -0.39 is 0 Å². The van der Waals surface area contributed by atoms with Crippen molar-refractivity contribution in [3.05, 3.63) is 35.2 Å². The SMILES string of the molecule is CCC.Cc1ccc(-c2csc(N3CCOCC3)n2)cc1. The number of thiazole rings is 1. The fraction of sp³-hybridized carbons (Fsp3) is 0.471. The number of rotatable bonds is 2. The molecular weight excluding hydrogens is 280 g/mol. The zero-order chi connectivity index (χ0) is 15.1. The molecule has 0 unspecified atom stereocenters. The van der Waals surface area contributed by atoms with Crippen molar-refractivity contribution in [2.75, 3.05) is 31.2 Å². The van der Waals surface area contributed by atoms with E-state index in [2.05, 4.69) is 55.3 Å². The first-order valence-electron chi connectivity index (χ1n) is 7.59. The molecule has 0 spiro atoms. The average Bonchev–Trinajstić information content (AvgIpc) is 3.00. The van der Waals surface area contributed by atoms with Gasteiger partial charge in [-0.05, 0) is 6.92 Å². The second-order valence-electron chi connectivity index (χ2n) is 5.19. The van der Waals surface area contributed by atoms with E-state index in [-0.39, 0.29) is 0 Å². The molecule has 1 aliphatic rings. The third-order valence-electron chi connectivity index (χ3n) is 3.12. The van der Waals surface area contributed by atoms with E-state index >= 15 is 0 Å². The minimum atomic E-state index is 0.805. The van der Waals surface area contributed by atoms with Crippen LogP contribution in [0.4, 0.5) is 5.13 Å². The summed E-state index contributed by atoms with van der Waals surface area (Å²) in [4.78, 5) is 7.02. The Morgan fingerprint density at radius 1 is 1.14 bits per heavy atom. The maximum absolute atomic E-state index is 5.36. The van der Waals surface area contributed by atoms with Crippen LogP contribution in [0.3, 0.4) is 0 Å². The fourth-order valence-electron chi connectivity index (χ4n) is 2.02. The highest BCUT2D eigenvalue weighted by Gasteiger charge is 2.14. The van der Waals surface area contributed by atoms with E-state index in [9.17, 15) is 0 Å². The van der Waals surface area contributed by atoms with Crippen LogP contribution in [-0.4, -0.2) is 31.3 Å². The van der Waals surface area contributed by atoms with E-state index in [1.807, 2.05) is 0 Å². The quantitative estimate of drug-likeness (QED) is 0.823. The highest BCUT2D eigenvalue weighted by Crippen LogP contribution is 2.27. The van der Waals surface area contributed by atoms with Crippen LogP contribution in [0.25, 0.3) is 11.3 Å². The number of aromatic nitrogens is 1. The number of hydrogen-bond acceptors (Lipinski definition) is 4. The lowest BCUT2D eigenvalue weighted by molar-refractivity contribution is 0.122. The van der Waals surface area contributed by atoms with Gasteiger partial charge in [0.2, 0.25) is 0 Å². The topological polar surface area (TPSA) is 25.4 Å². The lowest BCUT2D eigenvalue weighted by atomic mass is 10.1. The van der Waals surface area contributed by atoms with Gasteiger partial charge in [-0.25, -0.2) is 4.98 Å². The van der Waals surface area contributed by atoms with E-state index in [1.165, 1.54) is 17.5 Å². The van der Waals surface area contributed by atoms with Crippen molar-refractivity contribution in [1.29, 1.82) is 0 Å². The van der Waals surface area contributed by atoms with Crippen LogP contribution in [-0.2, 0) is 4.74 Å². The minimum absolute atomic E-state index is 0.805. The molecule has 1 aliphatic heterocycles. The van der Waals surface area contributed by atoms with Gasteiger partial charge in [0.25, 0.3) is 0 Å². The molecule has 0 aliphatic carbocycles. The first kappa shape index (κ1) is 16.0. The van der Waals surface area contributed by atoms with E-state index in [0.717, 1.165) is 37.1 Å². The van der Waals surface area contributed by atoms with Crippen molar-refractivity contribution in [3.8, 4) is 11.3 Å². The summed E-state index contributed by atoms with van der Waals surface area (Å²) < 4.78 is 5.36. The summed E-state index contributed by atoms with van der Waals surface area (Å²) in [6.07, 6.45) is 1.25. The number of nitrogens with zero attached hydrogens (tertiary/aromatic N) is 2. The molecule has 0 amide bonds. The van der Waals surface area contributed by atoms with Gasteiger partial charge in [-0.3, -0.25) is 0 Å². The monoisotopic (exact) mass is 304 g/mol. The van der Waals surface area contributed by atoms with Gasteiger partial charge in [0, 0.05) is 24.0 Å². The summed E-state index contributed by atoms with van der Waals surface area (Å²) in [5, 5.41) is 3.24. The Kier molecular flexibility index (Phi) is 6.21. The van der Waals surface area contributed by atoms with Crippen molar-refractivity contribution in [3.63, 3.8) is 0 Å². The van der Waals surface area contributed by atoms with Crippen molar-refractivity contribution in [2.24, 2.45) is 0 Å². The van der Waals surface area contributed by atoms with Gasteiger partial charge in [-0.1, -0.05) is 50.1 Å². The Morgan fingerprint density at radius 3 is 2.38 bits per heavy atom. The normalized spacial score (nSPS) is 14.5. The molecule has 1 aromatic carbocycles. The number of hydrogen-bond donors (Lipinski definition) is 0. The smallest absolute Gasteiger partial charge is 0.186 e. The van der Waals surface area contributed by atoms with Gasteiger partial charge in [0.1, 0.15) is 0 Å². The summed E-state index contributed by atoms with van der Waals surface area (Å²) in [5.41, 5.74) is 3.54. The standard InChI is InChI=1S/C14H16N2OS.C3H8/c1-11-2-4-12(5-3-11)13-10-18-14(15-13)16-6-8-17-9-7-16;1-3-2/h2-5,10H,6-9H2,1H3;3H2,1-2H3. The first-order chi connectivity index (χ1) is 10.2. The van der Waals surface area contributed by atoms with Gasteiger partial charge in [0.15, 0.2) is 5.13 Å². The van der Waals surface area contributed by atoms with Crippen LogP contribution < -0.4 is 4.90 Å². The molecule has 1 saturated heterocycles. The zero-order valence-electron chi connectivity index (χ0n) is 13.1. The molecule has 0 N–H and O–H groups in total. The fourth-order valence-corrected chi connectivity index (χ4v) is 2.91. The third kappa shape index (κ3) is 4.55. The summed E-state index contributed by atoms with van der Waals surface area (Å²) >= 11 is 1.71. The Hall–Kier alpha value is -1.39. The highest BCUT2D eigenvalue weighted by molar-refractivity contribution is 7.14. The van der Waals surface area contributed by atoms with Gasteiger partial charge in [0.05, 0.1) is 18.9 Å². The van der Waals surface area contributed by atoms with Crippen molar-refractivity contribution < 1.29 is 4.74 Å². The molecule has 0 radical (unpaired) electrons. The third-order valence-corrected chi connectivity index (χ3v) is 4.02.